The van der Waals surface area contributed by atoms with Crippen LogP contribution in [0.1, 0.15) is 0 Å². The molecule has 0 spiro atoms. The predicted molar refractivity (Wildman–Crippen MR) is 149 cm³/mol. The molecular formula is C34H21N. The van der Waals surface area contributed by atoms with E-state index in [-0.39, 0.29) is 0 Å². The summed E-state index contributed by atoms with van der Waals surface area (Å²) < 4.78 is 0. The molecule has 0 saturated carbocycles. The lowest BCUT2D eigenvalue weighted by molar-refractivity contribution is 1.30. The zero-order chi connectivity index (χ0) is 22.9. The molecule has 7 aromatic carbocycles. The summed E-state index contributed by atoms with van der Waals surface area (Å²) in [4.78, 5) is 2.41. The molecule has 0 unspecified atom stereocenters. The maximum atomic E-state index is 2.41. The number of hydrogen-bond donors (Lipinski definition) is 0. The van der Waals surface area contributed by atoms with Gasteiger partial charge in [0, 0.05) is 22.1 Å². The van der Waals surface area contributed by atoms with Gasteiger partial charge in [-0.3, -0.25) is 0 Å². The average molecular weight is 444 g/mol. The molecule has 0 bridgehead atoms. The van der Waals surface area contributed by atoms with Gasteiger partial charge < -0.3 is 4.90 Å². The standard InChI is InChI=1S/C34H21N/c1-3-12-24(13-4-1)35(25-14-5-2-6-15-25)31-21-30-27-17-8-7-16-26(27)29-20-23-11-9-10-22-18-19-28(31)34(32(22)23)33(29)30/h1-21H. The maximum absolute atomic E-state index is 2.41. The molecule has 0 saturated heterocycles. The molecule has 0 aliphatic heterocycles. The lowest BCUT2D eigenvalue weighted by atomic mass is 9.89. The van der Waals surface area contributed by atoms with Crippen molar-refractivity contribution in [3.05, 3.63) is 127 Å². The van der Waals surface area contributed by atoms with Crippen LogP contribution in [0.2, 0.25) is 0 Å². The fourth-order valence-corrected chi connectivity index (χ4v) is 6.07. The van der Waals surface area contributed by atoms with Gasteiger partial charge in [-0.05, 0) is 80.2 Å². The molecule has 0 fully saturated rings. The quantitative estimate of drug-likeness (QED) is 0.246. The van der Waals surface area contributed by atoms with Crippen LogP contribution in [0, 0.1) is 0 Å². The molecular weight excluding hydrogens is 422 g/mol. The Balaban J connectivity index is 1.58. The summed E-state index contributed by atoms with van der Waals surface area (Å²) in [7, 11) is 0. The third kappa shape index (κ3) is 2.53. The SMILES string of the molecule is c1ccc(N(c2ccccc2)c2cc3c4c(cc5cccc6ccc2c4c65)-c2ccccc2-3)cc1. The molecule has 1 nitrogen and oxygen atoms in total. The molecule has 162 valence electrons. The Morgan fingerprint density at radius 3 is 1.66 bits per heavy atom. The Morgan fingerprint density at radius 1 is 0.371 bits per heavy atom. The Bertz CT molecular complexity index is 1840. The molecule has 0 heterocycles. The summed E-state index contributed by atoms with van der Waals surface area (Å²) in [6.45, 7) is 0. The van der Waals surface area contributed by atoms with E-state index in [9.17, 15) is 0 Å². The van der Waals surface area contributed by atoms with Crippen molar-refractivity contribution in [2.45, 2.75) is 0 Å². The van der Waals surface area contributed by atoms with Crippen molar-refractivity contribution >= 4 is 49.4 Å². The second kappa shape index (κ2) is 6.94. The summed E-state index contributed by atoms with van der Waals surface area (Å²) in [5, 5.41) is 8.01. The number of fused-ring (bicyclic) bond motifs is 3. The van der Waals surface area contributed by atoms with Gasteiger partial charge in [-0.2, -0.15) is 0 Å². The highest BCUT2D eigenvalue weighted by Gasteiger charge is 2.27. The van der Waals surface area contributed by atoms with E-state index in [1.54, 1.807) is 0 Å². The number of nitrogens with zero attached hydrogens (tertiary/aromatic N) is 1. The summed E-state index contributed by atoms with van der Waals surface area (Å²) in [6, 6.07) is 46.4. The number of hydrogen-bond acceptors (Lipinski definition) is 1. The summed E-state index contributed by atoms with van der Waals surface area (Å²) in [6.07, 6.45) is 0. The minimum atomic E-state index is 1.16. The number of para-hydroxylation sites is 2. The van der Waals surface area contributed by atoms with Crippen LogP contribution in [0.5, 0.6) is 0 Å². The highest BCUT2D eigenvalue weighted by atomic mass is 15.1. The second-order valence-corrected chi connectivity index (χ2v) is 9.36. The first kappa shape index (κ1) is 18.8. The normalized spacial score (nSPS) is 12.0. The molecule has 0 amide bonds. The van der Waals surface area contributed by atoms with Crippen LogP contribution in [-0.2, 0) is 0 Å². The average Bonchev–Trinajstić information content (AvgIpc) is 3.24. The first-order chi connectivity index (χ1) is 17.4. The zero-order valence-electron chi connectivity index (χ0n) is 19.1. The van der Waals surface area contributed by atoms with E-state index in [0.717, 1.165) is 11.4 Å². The first-order valence-electron chi connectivity index (χ1n) is 12.1. The van der Waals surface area contributed by atoms with Crippen molar-refractivity contribution in [3.8, 4) is 22.3 Å². The molecule has 7 aromatic rings. The molecule has 0 aromatic heterocycles. The lowest BCUT2D eigenvalue weighted by Gasteiger charge is -2.28. The molecule has 0 radical (unpaired) electrons. The first-order valence-corrected chi connectivity index (χ1v) is 12.1. The molecule has 8 rings (SSSR count). The highest BCUT2D eigenvalue weighted by molar-refractivity contribution is 6.34. The number of anilines is 3. The van der Waals surface area contributed by atoms with Crippen LogP contribution >= 0.6 is 0 Å². The third-order valence-electron chi connectivity index (χ3n) is 7.50. The number of benzene rings is 7. The van der Waals surface area contributed by atoms with Crippen molar-refractivity contribution in [2.75, 3.05) is 4.90 Å². The van der Waals surface area contributed by atoms with Crippen LogP contribution in [-0.4, -0.2) is 0 Å². The lowest BCUT2D eigenvalue weighted by Crippen LogP contribution is -2.10. The minimum Gasteiger partial charge on any atom is -0.310 e. The van der Waals surface area contributed by atoms with E-state index in [1.807, 2.05) is 0 Å². The van der Waals surface area contributed by atoms with Gasteiger partial charge in [0.05, 0.1) is 5.69 Å². The van der Waals surface area contributed by atoms with Gasteiger partial charge in [-0.1, -0.05) is 91.0 Å². The van der Waals surface area contributed by atoms with Crippen LogP contribution in [0.3, 0.4) is 0 Å². The van der Waals surface area contributed by atoms with E-state index < -0.39 is 0 Å². The van der Waals surface area contributed by atoms with E-state index in [0.29, 0.717) is 0 Å². The molecule has 0 N–H and O–H groups in total. The van der Waals surface area contributed by atoms with E-state index in [2.05, 4.69) is 132 Å². The Labute approximate surface area is 203 Å². The van der Waals surface area contributed by atoms with Crippen LogP contribution in [0.15, 0.2) is 127 Å². The summed E-state index contributed by atoms with van der Waals surface area (Å²) in [5.74, 6) is 0. The van der Waals surface area contributed by atoms with E-state index in [4.69, 9.17) is 0 Å². The third-order valence-corrected chi connectivity index (χ3v) is 7.50. The van der Waals surface area contributed by atoms with Gasteiger partial charge in [0.2, 0.25) is 0 Å². The van der Waals surface area contributed by atoms with E-state index >= 15 is 0 Å². The minimum absolute atomic E-state index is 1.16. The summed E-state index contributed by atoms with van der Waals surface area (Å²) in [5.41, 5.74) is 8.87. The molecule has 1 aliphatic carbocycles. The molecule has 35 heavy (non-hydrogen) atoms. The van der Waals surface area contributed by atoms with Gasteiger partial charge in [-0.15, -0.1) is 0 Å². The smallest absolute Gasteiger partial charge is 0.0546 e. The number of rotatable bonds is 3. The second-order valence-electron chi connectivity index (χ2n) is 9.36. The van der Waals surface area contributed by atoms with Crippen molar-refractivity contribution < 1.29 is 0 Å². The highest BCUT2D eigenvalue weighted by Crippen LogP contribution is 2.54. The summed E-state index contributed by atoms with van der Waals surface area (Å²) >= 11 is 0. The molecule has 1 aliphatic rings. The van der Waals surface area contributed by atoms with Crippen molar-refractivity contribution in [2.24, 2.45) is 0 Å². The largest absolute Gasteiger partial charge is 0.310 e. The Morgan fingerprint density at radius 2 is 0.971 bits per heavy atom. The van der Waals surface area contributed by atoms with Crippen molar-refractivity contribution in [3.63, 3.8) is 0 Å². The van der Waals surface area contributed by atoms with Crippen LogP contribution in [0.4, 0.5) is 17.1 Å². The van der Waals surface area contributed by atoms with Gasteiger partial charge in [0.1, 0.15) is 0 Å². The van der Waals surface area contributed by atoms with Crippen molar-refractivity contribution in [1.29, 1.82) is 0 Å². The van der Waals surface area contributed by atoms with Gasteiger partial charge in [0.15, 0.2) is 0 Å². The fraction of sp³-hybridized carbons (Fsp3) is 0. The van der Waals surface area contributed by atoms with Gasteiger partial charge in [-0.25, -0.2) is 0 Å². The molecule has 0 atom stereocenters. The monoisotopic (exact) mass is 443 g/mol. The Kier molecular flexibility index (Phi) is 3.72. The van der Waals surface area contributed by atoms with E-state index in [1.165, 1.54) is 60.3 Å². The van der Waals surface area contributed by atoms with Crippen LogP contribution in [0.25, 0.3) is 54.6 Å². The van der Waals surface area contributed by atoms with Gasteiger partial charge >= 0.3 is 0 Å². The molecule has 1 heteroatoms. The predicted octanol–water partition coefficient (Wildman–Crippen LogP) is 9.70. The maximum Gasteiger partial charge on any atom is 0.0546 e. The fourth-order valence-electron chi connectivity index (χ4n) is 6.07. The zero-order valence-corrected chi connectivity index (χ0v) is 19.1. The van der Waals surface area contributed by atoms with Gasteiger partial charge in [0.25, 0.3) is 0 Å². The topological polar surface area (TPSA) is 3.24 Å². The van der Waals surface area contributed by atoms with Crippen LogP contribution < -0.4 is 4.90 Å². The van der Waals surface area contributed by atoms with Crippen molar-refractivity contribution in [1.82, 2.24) is 0 Å². The Hall–Kier alpha value is -4.62.